The monoisotopic (exact) mass is 265 g/mol. The average molecular weight is 265 g/mol. The first kappa shape index (κ1) is 11.4. The fourth-order valence-electron chi connectivity index (χ4n) is 2.69. The van der Waals surface area contributed by atoms with Crippen LogP contribution in [0.1, 0.15) is 5.56 Å². The van der Waals surface area contributed by atoms with Crippen molar-refractivity contribution in [1.82, 2.24) is 24.7 Å². The fraction of sp³-hybridized carbons (Fsp3) is 0.200. The Hall–Kier alpha value is -2.40. The summed E-state index contributed by atoms with van der Waals surface area (Å²) in [5, 5.41) is 12.0. The molecular formula is C15H15N5. The molecule has 0 amide bonds. The molecule has 3 aromatic heterocycles. The van der Waals surface area contributed by atoms with Crippen molar-refractivity contribution in [3.8, 4) is 11.1 Å². The van der Waals surface area contributed by atoms with Gasteiger partial charge in [0.25, 0.3) is 0 Å². The highest BCUT2D eigenvalue weighted by Crippen LogP contribution is 2.27. The summed E-state index contributed by atoms with van der Waals surface area (Å²) >= 11 is 0. The molecule has 1 N–H and O–H groups in total. The Morgan fingerprint density at radius 1 is 1.20 bits per heavy atom. The van der Waals surface area contributed by atoms with E-state index in [0.717, 1.165) is 29.7 Å². The molecule has 1 aliphatic rings. The van der Waals surface area contributed by atoms with Crippen molar-refractivity contribution in [3.63, 3.8) is 0 Å². The van der Waals surface area contributed by atoms with Crippen LogP contribution in [-0.4, -0.2) is 32.5 Å². The minimum atomic E-state index is 0.914. The third kappa shape index (κ3) is 1.75. The van der Waals surface area contributed by atoms with E-state index >= 15 is 0 Å². The lowest BCUT2D eigenvalue weighted by molar-refractivity contribution is 0.768. The lowest BCUT2D eigenvalue weighted by atomic mass is 10.0. The molecule has 0 bridgehead atoms. The minimum Gasteiger partial charge on any atom is -0.309 e. The molecule has 0 saturated carbocycles. The van der Waals surface area contributed by atoms with Crippen LogP contribution in [0.3, 0.4) is 0 Å². The molecule has 0 atom stereocenters. The zero-order chi connectivity index (χ0) is 13.5. The largest absolute Gasteiger partial charge is 0.309 e. The first-order valence-electron chi connectivity index (χ1n) is 6.68. The van der Waals surface area contributed by atoms with Crippen LogP contribution in [0.2, 0.25) is 0 Å². The van der Waals surface area contributed by atoms with Crippen LogP contribution < -0.4 is 5.32 Å². The predicted molar refractivity (Wildman–Crippen MR) is 78.2 cm³/mol. The van der Waals surface area contributed by atoms with E-state index in [2.05, 4.69) is 39.9 Å². The van der Waals surface area contributed by atoms with Crippen molar-refractivity contribution in [1.29, 1.82) is 0 Å². The van der Waals surface area contributed by atoms with Gasteiger partial charge in [-0.15, -0.1) is 0 Å². The van der Waals surface area contributed by atoms with Crippen molar-refractivity contribution < 1.29 is 0 Å². The Morgan fingerprint density at radius 3 is 2.90 bits per heavy atom. The summed E-state index contributed by atoms with van der Waals surface area (Å²) in [6.07, 6.45) is 10.0. The first-order valence-corrected chi connectivity index (χ1v) is 6.68. The SMILES string of the molecule is Cn1cc(-c2cc(C3=CCNC3)c3ccnn3c2)cn1. The number of fused-ring (bicyclic) bond motifs is 1. The van der Waals surface area contributed by atoms with Gasteiger partial charge in [0.15, 0.2) is 0 Å². The maximum Gasteiger partial charge on any atom is 0.0737 e. The Balaban J connectivity index is 1.94. The number of nitrogens with one attached hydrogen (secondary N) is 1. The summed E-state index contributed by atoms with van der Waals surface area (Å²) in [6, 6.07) is 4.29. The lowest BCUT2D eigenvalue weighted by Crippen LogP contribution is -2.08. The van der Waals surface area contributed by atoms with Crippen LogP contribution in [-0.2, 0) is 7.05 Å². The number of hydrogen-bond donors (Lipinski definition) is 1. The Morgan fingerprint density at radius 2 is 2.15 bits per heavy atom. The van der Waals surface area contributed by atoms with Crippen LogP contribution in [0.5, 0.6) is 0 Å². The summed E-state index contributed by atoms with van der Waals surface area (Å²) in [6.45, 7) is 1.85. The summed E-state index contributed by atoms with van der Waals surface area (Å²) in [5.74, 6) is 0. The third-order valence-electron chi connectivity index (χ3n) is 3.70. The maximum absolute atomic E-state index is 4.39. The second kappa shape index (κ2) is 4.31. The van der Waals surface area contributed by atoms with Crippen LogP contribution >= 0.6 is 0 Å². The zero-order valence-corrected chi connectivity index (χ0v) is 11.2. The number of aryl methyl sites for hydroxylation is 1. The smallest absolute Gasteiger partial charge is 0.0737 e. The van der Waals surface area contributed by atoms with Crippen molar-refractivity contribution in [2.75, 3.05) is 13.1 Å². The molecule has 5 nitrogen and oxygen atoms in total. The van der Waals surface area contributed by atoms with Crippen LogP contribution in [0.15, 0.2) is 43.0 Å². The molecule has 0 unspecified atom stereocenters. The predicted octanol–water partition coefficient (Wildman–Crippen LogP) is 1.72. The first-order chi connectivity index (χ1) is 9.81. The number of pyridine rings is 1. The van der Waals surface area contributed by atoms with Crippen molar-refractivity contribution in [2.45, 2.75) is 0 Å². The molecule has 20 heavy (non-hydrogen) atoms. The molecule has 0 saturated heterocycles. The Bertz CT molecular complexity index is 809. The molecule has 0 aromatic carbocycles. The molecule has 4 rings (SSSR count). The highest BCUT2D eigenvalue weighted by Gasteiger charge is 2.13. The van der Waals surface area contributed by atoms with Crippen molar-refractivity contribution in [3.05, 3.63) is 48.6 Å². The van der Waals surface area contributed by atoms with E-state index in [1.54, 1.807) is 0 Å². The minimum absolute atomic E-state index is 0.914. The summed E-state index contributed by atoms with van der Waals surface area (Å²) in [4.78, 5) is 0. The van der Waals surface area contributed by atoms with Crippen molar-refractivity contribution in [2.24, 2.45) is 7.05 Å². The van der Waals surface area contributed by atoms with Gasteiger partial charge in [0, 0.05) is 55.4 Å². The fourth-order valence-corrected chi connectivity index (χ4v) is 2.69. The molecule has 0 aliphatic carbocycles. The van der Waals surface area contributed by atoms with Crippen LogP contribution in [0.4, 0.5) is 0 Å². The summed E-state index contributed by atoms with van der Waals surface area (Å²) in [7, 11) is 1.93. The van der Waals surface area contributed by atoms with Gasteiger partial charge < -0.3 is 5.32 Å². The number of nitrogens with zero attached hydrogens (tertiary/aromatic N) is 4. The molecule has 4 heterocycles. The number of rotatable bonds is 2. The standard InChI is InChI=1S/C15H15N5/c1-19-9-13(8-18-19)12-6-14(11-2-4-16-7-11)15-3-5-17-20(15)10-12/h2-3,5-6,8-10,16H,4,7H2,1H3. The number of hydrogen-bond acceptors (Lipinski definition) is 3. The van der Waals surface area contributed by atoms with E-state index in [-0.39, 0.29) is 0 Å². The molecule has 0 radical (unpaired) electrons. The van der Waals surface area contributed by atoms with Crippen LogP contribution in [0.25, 0.3) is 22.2 Å². The molecule has 1 aliphatic heterocycles. The van der Waals surface area contributed by atoms with Gasteiger partial charge in [-0.2, -0.15) is 10.2 Å². The van der Waals surface area contributed by atoms with Gasteiger partial charge in [-0.3, -0.25) is 4.68 Å². The third-order valence-corrected chi connectivity index (χ3v) is 3.70. The van der Waals surface area contributed by atoms with Gasteiger partial charge >= 0.3 is 0 Å². The van der Waals surface area contributed by atoms with Gasteiger partial charge in [-0.05, 0) is 17.7 Å². The van der Waals surface area contributed by atoms with E-state index in [1.807, 2.05) is 34.8 Å². The van der Waals surface area contributed by atoms with Gasteiger partial charge in [0.05, 0.1) is 11.7 Å². The van der Waals surface area contributed by atoms with Gasteiger partial charge in [-0.1, -0.05) is 6.08 Å². The zero-order valence-electron chi connectivity index (χ0n) is 11.2. The normalized spacial score (nSPS) is 14.9. The van der Waals surface area contributed by atoms with Crippen molar-refractivity contribution >= 4 is 11.1 Å². The molecular weight excluding hydrogens is 250 g/mol. The highest BCUT2D eigenvalue weighted by atomic mass is 15.2. The molecule has 5 heteroatoms. The highest BCUT2D eigenvalue weighted by molar-refractivity contribution is 5.83. The summed E-state index contributed by atoms with van der Waals surface area (Å²) < 4.78 is 3.76. The quantitative estimate of drug-likeness (QED) is 0.767. The second-order valence-electron chi connectivity index (χ2n) is 5.07. The maximum atomic E-state index is 4.39. The van der Waals surface area contributed by atoms with Gasteiger partial charge in [-0.25, -0.2) is 4.52 Å². The lowest BCUT2D eigenvalue weighted by Gasteiger charge is -2.08. The van der Waals surface area contributed by atoms with E-state index < -0.39 is 0 Å². The van der Waals surface area contributed by atoms with E-state index in [9.17, 15) is 0 Å². The Labute approximate surface area is 116 Å². The average Bonchev–Trinajstić information content (AvgIpc) is 3.18. The van der Waals surface area contributed by atoms with Gasteiger partial charge in [0.2, 0.25) is 0 Å². The van der Waals surface area contributed by atoms with E-state index in [4.69, 9.17) is 0 Å². The summed E-state index contributed by atoms with van der Waals surface area (Å²) in [5.41, 5.74) is 5.97. The van der Waals surface area contributed by atoms with E-state index in [1.165, 1.54) is 11.1 Å². The molecule has 0 fully saturated rings. The van der Waals surface area contributed by atoms with Crippen LogP contribution in [0, 0.1) is 0 Å². The van der Waals surface area contributed by atoms with E-state index in [0.29, 0.717) is 0 Å². The Kier molecular flexibility index (Phi) is 2.47. The number of aromatic nitrogens is 4. The topological polar surface area (TPSA) is 47.2 Å². The molecule has 100 valence electrons. The molecule has 0 spiro atoms. The van der Waals surface area contributed by atoms with Gasteiger partial charge in [0.1, 0.15) is 0 Å². The molecule has 3 aromatic rings. The second-order valence-corrected chi connectivity index (χ2v) is 5.07.